The molecule has 0 bridgehead atoms. The number of carbonyl (C=O) groups is 1. The van der Waals surface area contributed by atoms with Gasteiger partial charge in [0.2, 0.25) is 0 Å². The van der Waals surface area contributed by atoms with Crippen LogP contribution in [0.1, 0.15) is 75.5 Å². The quantitative estimate of drug-likeness (QED) is 0.330. The molecule has 1 atom stereocenters. The molecule has 3 aromatic heterocycles. The summed E-state index contributed by atoms with van der Waals surface area (Å²) < 4.78 is 24.4. The number of hydrogen-bond acceptors (Lipinski definition) is 5. The zero-order chi connectivity index (χ0) is 26.6. The van der Waals surface area contributed by atoms with Crippen LogP contribution in [0.3, 0.4) is 0 Å². The predicted octanol–water partition coefficient (Wildman–Crippen LogP) is 6.05. The van der Waals surface area contributed by atoms with Gasteiger partial charge < -0.3 is 14.2 Å². The first kappa shape index (κ1) is 24.6. The first-order valence-electron chi connectivity index (χ1n) is 13.3. The zero-order valence-corrected chi connectivity index (χ0v) is 22.3. The first-order valence-corrected chi connectivity index (χ1v) is 13.3. The molecule has 1 saturated carbocycles. The van der Waals surface area contributed by atoms with Crippen LogP contribution in [0.15, 0.2) is 42.9 Å². The van der Waals surface area contributed by atoms with Crippen LogP contribution in [0, 0.1) is 12.7 Å². The number of carbonyl (C=O) groups excluding carboxylic acids is 1. The highest BCUT2D eigenvalue weighted by Gasteiger charge is 2.32. The number of amides is 1. The van der Waals surface area contributed by atoms with E-state index in [0.29, 0.717) is 24.7 Å². The van der Waals surface area contributed by atoms with Crippen molar-refractivity contribution in [3.8, 4) is 11.4 Å². The van der Waals surface area contributed by atoms with Gasteiger partial charge in [0.25, 0.3) is 0 Å². The van der Waals surface area contributed by atoms with Crippen LogP contribution in [-0.2, 0) is 4.74 Å². The number of pyridine rings is 1. The van der Waals surface area contributed by atoms with Crippen molar-refractivity contribution < 1.29 is 13.9 Å². The molecule has 2 fully saturated rings. The molecule has 198 valence electrons. The number of halogens is 1. The summed E-state index contributed by atoms with van der Waals surface area (Å²) in [5, 5.41) is 9.84. The lowest BCUT2D eigenvalue weighted by molar-refractivity contribution is 0.0198. The number of nitrogens with zero attached hydrogens (tertiary/aromatic N) is 6. The summed E-state index contributed by atoms with van der Waals surface area (Å²) in [6, 6.07) is 6.88. The van der Waals surface area contributed by atoms with E-state index in [4.69, 9.17) is 4.74 Å². The van der Waals surface area contributed by atoms with Crippen molar-refractivity contribution in [3.63, 3.8) is 0 Å². The van der Waals surface area contributed by atoms with E-state index in [0.717, 1.165) is 59.5 Å². The Labute approximate surface area is 221 Å². The van der Waals surface area contributed by atoms with E-state index in [1.54, 1.807) is 12.3 Å². The Morgan fingerprint density at radius 1 is 1.08 bits per heavy atom. The third-order valence-electron chi connectivity index (χ3n) is 7.38. The van der Waals surface area contributed by atoms with Gasteiger partial charge in [-0.1, -0.05) is 0 Å². The number of ether oxygens (including phenoxy) is 1. The first-order chi connectivity index (χ1) is 18.2. The fraction of sp³-hybridized carbons (Fsp3) is 0.448. The molecule has 8 nitrogen and oxygen atoms in total. The highest BCUT2D eigenvalue weighted by Crippen LogP contribution is 2.41. The van der Waals surface area contributed by atoms with Gasteiger partial charge in [0.05, 0.1) is 23.1 Å². The number of rotatable bonds is 4. The molecule has 4 aromatic rings. The molecule has 9 heteroatoms. The molecule has 1 saturated heterocycles. The zero-order valence-electron chi connectivity index (χ0n) is 22.3. The maximum Gasteiger partial charge on any atom is 0.410 e. The van der Waals surface area contributed by atoms with Gasteiger partial charge in [-0.25, -0.2) is 9.18 Å². The summed E-state index contributed by atoms with van der Waals surface area (Å²) in [4.78, 5) is 19.1. The van der Waals surface area contributed by atoms with Crippen molar-refractivity contribution in [2.24, 2.45) is 0 Å². The van der Waals surface area contributed by atoms with E-state index in [9.17, 15) is 9.18 Å². The number of hydrogen-bond donors (Lipinski definition) is 0. The van der Waals surface area contributed by atoms with Crippen molar-refractivity contribution in [1.82, 2.24) is 29.2 Å². The van der Waals surface area contributed by atoms with E-state index in [1.807, 2.05) is 55.5 Å². The molecular formula is C29H33FN6O2. The predicted molar refractivity (Wildman–Crippen MR) is 142 cm³/mol. The van der Waals surface area contributed by atoms with E-state index in [1.165, 1.54) is 6.07 Å². The molecule has 1 aromatic carbocycles. The smallest absolute Gasteiger partial charge is 0.410 e. The summed E-state index contributed by atoms with van der Waals surface area (Å²) in [6.45, 7) is 8.84. The Kier molecular flexibility index (Phi) is 5.96. The van der Waals surface area contributed by atoms with E-state index in [2.05, 4.69) is 25.9 Å². The van der Waals surface area contributed by atoms with Crippen LogP contribution in [0.4, 0.5) is 9.18 Å². The van der Waals surface area contributed by atoms with Crippen molar-refractivity contribution in [3.05, 3.63) is 65.9 Å². The summed E-state index contributed by atoms with van der Waals surface area (Å²) in [6.07, 6.45) is 9.50. The van der Waals surface area contributed by atoms with Crippen LogP contribution < -0.4 is 0 Å². The van der Waals surface area contributed by atoms with Crippen LogP contribution in [0.2, 0.25) is 0 Å². The largest absolute Gasteiger partial charge is 0.444 e. The van der Waals surface area contributed by atoms with Crippen molar-refractivity contribution in [2.45, 2.75) is 70.8 Å². The molecule has 1 aliphatic carbocycles. The fourth-order valence-electron chi connectivity index (χ4n) is 5.51. The Morgan fingerprint density at radius 3 is 2.66 bits per heavy atom. The Balaban J connectivity index is 1.44. The third-order valence-corrected chi connectivity index (χ3v) is 7.38. The van der Waals surface area contributed by atoms with Gasteiger partial charge in [0, 0.05) is 48.8 Å². The topological polar surface area (TPSA) is 78.1 Å². The second-order valence-corrected chi connectivity index (χ2v) is 11.5. The van der Waals surface area contributed by atoms with Gasteiger partial charge in [0.15, 0.2) is 0 Å². The fourth-order valence-corrected chi connectivity index (χ4v) is 5.51. The normalized spacial score (nSPS) is 18.2. The molecule has 38 heavy (non-hydrogen) atoms. The number of likely N-dealkylation sites (tertiary alicyclic amines) is 1. The molecule has 1 amide bonds. The molecule has 1 unspecified atom stereocenters. The van der Waals surface area contributed by atoms with E-state index in [-0.39, 0.29) is 17.8 Å². The molecule has 2 aliphatic rings. The standard InChI is InChI=1S/C29H33FN6O2/c1-18-32-33-27(19-7-8-19)36(18)25-14-21(30)9-10-24(25)35-17-23(22-11-12-31-15-26(22)35)20-6-5-13-34(16-20)28(37)38-29(2,3)4/h9-12,14-15,17,19-20H,5-8,13,16H2,1-4H3. The maximum absolute atomic E-state index is 14.7. The van der Waals surface area contributed by atoms with Gasteiger partial charge in [-0.15, -0.1) is 10.2 Å². The number of benzene rings is 1. The third kappa shape index (κ3) is 4.54. The monoisotopic (exact) mass is 516 g/mol. The number of aromatic nitrogens is 5. The molecule has 0 spiro atoms. The van der Waals surface area contributed by atoms with Gasteiger partial charge in [-0.05, 0) is 77.1 Å². The lowest BCUT2D eigenvalue weighted by atomic mass is 9.91. The molecule has 1 aliphatic heterocycles. The highest BCUT2D eigenvalue weighted by molar-refractivity contribution is 5.86. The minimum atomic E-state index is -0.537. The van der Waals surface area contributed by atoms with Gasteiger partial charge in [-0.2, -0.15) is 0 Å². The Hall–Kier alpha value is -3.75. The maximum atomic E-state index is 14.7. The lowest BCUT2D eigenvalue weighted by Gasteiger charge is -2.34. The summed E-state index contributed by atoms with van der Waals surface area (Å²) in [5.74, 6) is 1.80. The van der Waals surface area contributed by atoms with Crippen molar-refractivity contribution >= 4 is 17.0 Å². The highest BCUT2D eigenvalue weighted by atomic mass is 19.1. The van der Waals surface area contributed by atoms with Crippen molar-refractivity contribution in [1.29, 1.82) is 0 Å². The second kappa shape index (κ2) is 9.22. The van der Waals surface area contributed by atoms with Gasteiger partial charge >= 0.3 is 6.09 Å². The van der Waals surface area contributed by atoms with E-state index < -0.39 is 5.60 Å². The molecule has 4 heterocycles. The second-order valence-electron chi connectivity index (χ2n) is 11.5. The minimum Gasteiger partial charge on any atom is -0.444 e. The van der Waals surface area contributed by atoms with Crippen LogP contribution in [0.25, 0.3) is 22.3 Å². The van der Waals surface area contributed by atoms with Gasteiger partial charge in [-0.3, -0.25) is 9.55 Å². The summed E-state index contributed by atoms with van der Waals surface area (Å²) in [5.41, 5.74) is 3.09. The van der Waals surface area contributed by atoms with Crippen LogP contribution in [0.5, 0.6) is 0 Å². The van der Waals surface area contributed by atoms with E-state index >= 15 is 0 Å². The average Bonchev–Trinajstić information content (AvgIpc) is 3.55. The van der Waals surface area contributed by atoms with Crippen LogP contribution >= 0.6 is 0 Å². The molecule has 0 N–H and O–H groups in total. The number of aryl methyl sites for hydroxylation is 1. The Bertz CT molecular complexity index is 1510. The van der Waals surface area contributed by atoms with Crippen molar-refractivity contribution in [2.75, 3.05) is 13.1 Å². The molecular weight excluding hydrogens is 483 g/mol. The minimum absolute atomic E-state index is 0.144. The summed E-state index contributed by atoms with van der Waals surface area (Å²) in [7, 11) is 0. The Morgan fingerprint density at radius 2 is 1.89 bits per heavy atom. The van der Waals surface area contributed by atoms with Crippen LogP contribution in [-0.4, -0.2) is 54.0 Å². The number of piperidine rings is 1. The molecule has 0 radical (unpaired) electrons. The lowest BCUT2D eigenvalue weighted by Crippen LogP contribution is -2.42. The van der Waals surface area contributed by atoms with Gasteiger partial charge in [0.1, 0.15) is 23.1 Å². The number of fused-ring (bicyclic) bond motifs is 1. The SMILES string of the molecule is Cc1nnc(C2CC2)n1-c1cc(F)ccc1-n1cc(C2CCCN(C(=O)OC(C)(C)C)C2)c2ccncc21. The average molecular weight is 517 g/mol. The summed E-state index contributed by atoms with van der Waals surface area (Å²) >= 11 is 0. The molecule has 6 rings (SSSR count).